The van der Waals surface area contributed by atoms with Crippen LogP contribution in [0, 0.1) is 5.82 Å². The van der Waals surface area contributed by atoms with Crippen molar-refractivity contribution in [3.05, 3.63) is 53.3 Å². The second-order valence-electron chi connectivity index (χ2n) is 5.37. The van der Waals surface area contributed by atoms with Gasteiger partial charge in [-0.2, -0.15) is 0 Å². The van der Waals surface area contributed by atoms with Gasteiger partial charge in [-0.05, 0) is 48.2 Å². The lowest BCUT2D eigenvalue weighted by molar-refractivity contribution is 0.411. The highest BCUT2D eigenvalue weighted by Crippen LogP contribution is 2.38. The van der Waals surface area contributed by atoms with Crippen molar-refractivity contribution in [1.29, 1.82) is 0 Å². The van der Waals surface area contributed by atoms with Crippen LogP contribution in [0.5, 0.6) is 5.75 Å². The normalized spacial score (nSPS) is 16.8. The average molecular weight is 285 g/mol. The summed E-state index contributed by atoms with van der Waals surface area (Å²) in [5.41, 5.74) is 4.25. The van der Waals surface area contributed by atoms with E-state index in [1.807, 2.05) is 24.3 Å². The summed E-state index contributed by atoms with van der Waals surface area (Å²) in [5, 5.41) is 3.50. The van der Waals surface area contributed by atoms with Crippen LogP contribution in [0.4, 0.5) is 4.39 Å². The second-order valence-corrected chi connectivity index (χ2v) is 5.37. The molecule has 0 aromatic heterocycles. The standard InChI is InChI=1S/C18H20FNO/c1-3-20-18-10-9-14-13(5-4-6-16(14)18)15-8-7-12(21-2)11-17(15)19/h4-8,11,18,20H,3,9-10H2,1-2H3. The highest BCUT2D eigenvalue weighted by atomic mass is 19.1. The molecule has 0 radical (unpaired) electrons. The van der Waals surface area contributed by atoms with E-state index >= 15 is 0 Å². The van der Waals surface area contributed by atoms with Gasteiger partial charge in [-0.3, -0.25) is 0 Å². The third-order valence-corrected chi connectivity index (χ3v) is 4.19. The zero-order valence-electron chi connectivity index (χ0n) is 12.4. The Morgan fingerprint density at radius 3 is 2.81 bits per heavy atom. The molecule has 0 heterocycles. The number of hydrogen-bond acceptors (Lipinski definition) is 2. The minimum atomic E-state index is -0.227. The predicted octanol–water partition coefficient (Wildman–Crippen LogP) is 4.10. The fourth-order valence-electron chi connectivity index (χ4n) is 3.21. The Morgan fingerprint density at radius 1 is 1.24 bits per heavy atom. The first-order chi connectivity index (χ1) is 10.2. The molecule has 0 spiro atoms. The van der Waals surface area contributed by atoms with Crippen molar-refractivity contribution in [1.82, 2.24) is 5.32 Å². The Bertz CT molecular complexity index is 654. The van der Waals surface area contributed by atoms with E-state index in [0.29, 0.717) is 17.4 Å². The number of halogens is 1. The minimum absolute atomic E-state index is 0.227. The van der Waals surface area contributed by atoms with Crippen LogP contribution in [0.25, 0.3) is 11.1 Å². The maximum Gasteiger partial charge on any atom is 0.134 e. The van der Waals surface area contributed by atoms with E-state index < -0.39 is 0 Å². The van der Waals surface area contributed by atoms with Crippen molar-refractivity contribution in [2.24, 2.45) is 0 Å². The van der Waals surface area contributed by atoms with Gasteiger partial charge in [0.05, 0.1) is 7.11 Å². The van der Waals surface area contributed by atoms with Crippen molar-refractivity contribution in [3.8, 4) is 16.9 Å². The van der Waals surface area contributed by atoms with Crippen LogP contribution < -0.4 is 10.1 Å². The van der Waals surface area contributed by atoms with Gasteiger partial charge >= 0.3 is 0 Å². The Balaban J connectivity index is 2.05. The Morgan fingerprint density at radius 2 is 2.10 bits per heavy atom. The number of ether oxygens (including phenoxy) is 1. The predicted molar refractivity (Wildman–Crippen MR) is 83.1 cm³/mol. The van der Waals surface area contributed by atoms with Crippen LogP contribution in [0.15, 0.2) is 36.4 Å². The number of methoxy groups -OCH3 is 1. The van der Waals surface area contributed by atoms with Crippen molar-refractivity contribution in [2.75, 3.05) is 13.7 Å². The Labute approximate surface area is 125 Å². The van der Waals surface area contributed by atoms with E-state index in [-0.39, 0.29) is 5.82 Å². The zero-order chi connectivity index (χ0) is 14.8. The summed E-state index contributed by atoms with van der Waals surface area (Å²) >= 11 is 0. The van der Waals surface area contributed by atoms with Crippen LogP contribution in [0.1, 0.15) is 30.5 Å². The minimum Gasteiger partial charge on any atom is -0.497 e. The van der Waals surface area contributed by atoms with Gasteiger partial charge in [0, 0.05) is 17.7 Å². The average Bonchev–Trinajstić information content (AvgIpc) is 2.91. The van der Waals surface area contributed by atoms with Crippen molar-refractivity contribution in [2.45, 2.75) is 25.8 Å². The third-order valence-electron chi connectivity index (χ3n) is 4.19. The van der Waals surface area contributed by atoms with Crippen LogP contribution in [-0.4, -0.2) is 13.7 Å². The van der Waals surface area contributed by atoms with Gasteiger partial charge in [-0.1, -0.05) is 25.1 Å². The summed E-state index contributed by atoms with van der Waals surface area (Å²) in [4.78, 5) is 0. The lowest BCUT2D eigenvalue weighted by Gasteiger charge is -2.14. The molecule has 1 unspecified atom stereocenters. The van der Waals surface area contributed by atoms with E-state index in [9.17, 15) is 4.39 Å². The van der Waals surface area contributed by atoms with Gasteiger partial charge in [0.25, 0.3) is 0 Å². The van der Waals surface area contributed by atoms with Crippen molar-refractivity contribution < 1.29 is 9.13 Å². The van der Waals surface area contributed by atoms with Gasteiger partial charge in [0.15, 0.2) is 0 Å². The molecular weight excluding hydrogens is 265 g/mol. The molecule has 1 N–H and O–H groups in total. The van der Waals surface area contributed by atoms with Crippen LogP contribution in [0.2, 0.25) is 0 Å². The summed E-state index contributed by atoms with van der Waals surface area (Å²) in [6.45, 7) is 3.07. The smallest absolute Gasteiger partial charge is 0.134 e. The topological polar surface area (TPSA) is 21.3 Å². The largest absolute Gasteiger partial charge is 0.497 e. The summed E-state index contributed by atoms with van der Waals surface area (Å²) in [6, 6.07) is 11.7. The molecule has 2 nitrogen and oxygen atoms in total. The molecule has 3 rings (SSSR count). The van der Waals surface area contributed by atoms with E-state index in [2.05, 4.69) is 18.3 Å². The fourth-order valence-corrected chi connectivity index (χ4v) is 3.21. The van der Waals surface area contributed by atoms with Gasteiger partial charge in [-0.15, -0.1) is 0 Å². The zero-order valence-corrected chi connectivity index (χ0v) is 12.4. The molecule has 21 heavy (non-hydrogen) atoms. The number of hydrogen-bond donors (Lipinski definition) is 1. The lowest BCUT2D eigenvalue weighted by Crippen LogP contribution is -2.18. The summed E-state index contributed by atoms with van der Waals surface area (Å²) in [6.07, 6.45) is 2.08. The Kier molecular flexibility index (Phi) is 3.93. The molecule has 2 aromatic rings. The van der Waals surface area contributed by atoms with Gasteiger partial charge in [0.1, 0.15) is 11.6 Å². The van der Waals surface area contributed by atoms with Crippen molar-refractivity contribution in [3.63, 3.8) is 0 Å². The van der Waals surface area contributed by atoms with E-state index in [4.69, 9.17) is 4.74 Å². The first kappa shape index (κ1) is 14.1. The van der Waals surface area contributed by atoms with Crippen LogP contribution in [0.3, 0.4) is 0 Å². The summed E-state index contributed by atoms with van der Waals surface area (Å²) < 4.78 is 19.4. The highest BCUT2D eigenvalue weighted by molar-refractivity contribution is 5.71. The molecule has 3 heteroatoms. The number of nitrogens with one attached hydrogen (secondary N) is 1. The molecule has 0 bridgehead atoms. The molecular formula is C18H20FNO. The van der Waals surface area contributed by atoms with Crippen LogP contribution >= 0.6 is 0 Å². The van der Waals surface area contributed by atoms with Gasteiger partial charge < -0.3 is 10.1 Å². The lowest BCUT2D eigenvalue weighted by atomic mass is 9.96. The Hall–Kier alpha value is -1.87. The molecule has 0 saturated carbocycles. The van der Waals surface area contributed by atoms with Gasteiger partial charge in [0.2, 0.25) is 0 Å². The monoisotopic (exact) mass is 285 g/mol. The summed E-state index contributed by atoms with van der Waals surface area (Å²) in [5.74, 6) is 0.323. The van der Waals surface area contributed by atoms with Crippen LogP contribution in [-0.2, 0) is 6.42 Å². The molecule has 0 saturated heterocycles. The maximum atomic E-state index is 14.3. The fraction of sp³-hybridized carbons (Fsp3) is 0.333. The molecule has 1 atom stereocenters. The van der Waals surface area contributed by atoms with E-state index in [0.717, 1.165) is 24.9 Å². The van der Waals surface area contributed by atoms with E-state index in [1.54, 1.807) is 7.11 Å². The molecule has 2 aromatic carbocycles. The maximum absolute atomic E-state index is 14.3. The molecule has 1 aliphatic carbocycles. The van der Waals surface area contributed by atoms with Crippen molar-refractivity contribution >= 4 is 0 Å². The van der Waals surface area contributed by atoms with E-state index in [1.165, 1.54) is 17.2 Å². The molecule has 1 aliphatic rings. The highest BCUT2D eigenvalue weighted by Gasteiger charge is 2.24. The number of benzene rings is 2. The first-order valence-electron chi connectivity index (χ1n) is 7.43. The third kappa shape index (κ3) is 2.54. The molecule has 0 fully saturated rings. The molecule has 110 valence electrons. The second kappa shape index (κ2) is 5.86. The SMILES string of the molecule is CCNC1CCc2c(-c3ccc(OC)cc3F)cccc21. The number of fused-ring (bicyclic) bond motifs is 1. The molecule has 0 amide bonds. The first-order valence-corrected chi connectivity index (χ1v) is 7.43. The molecule has 0 aliphatic heterocycles. The quantitative estimate of drug-likeness (QED) is 0.913. The summed E-state index contributed by atoms with van der Waals surface area (Å²) in [7, 11) is 1.55. The number of rotatable bonds is 4. The van der Waals surface area contributed by atoms with Gasteiger partial charge in [-0.25, -0.2) is 4.39 Å².